The van der Waals surface area contributed by atoms with Gasteiger partial charge < -0.3 is 20.3 Å². The fraction of sp³-hybridized carbons (Fsp3) is 0.350. The summed E-state index contributed by atoms with van der Waals surface area (Å²) in [5, 5.41) is 34.2. The summed E-state index contributed by atoms with van der Waals surface area (Å²) in [5.74, 6) is 0. The molecule has 0 aliphatic heterocycles. The topological polar surface area (TPSA) is 122 Å². The monoisotopic (exact) mass is 388 g/mol. The molecule has 8 nitrogen and oxygen atoms in total. The molecule has 0 aliphatic carbocycles. The highest BCUT2D eigenvalue weighted by Gasteiger charge is 2.24. The zero-order chi connectivity index (χ0) is 20.7. The number of nitrogens with zero attached hydrogens (tertiary/aromatic N) is 1. The van der Waals surface area contributed by atoms with E-state index >= 15 is 0 Å². The van der Waals surface area contributed by atoms with Crippen molar-refractivity contribution in [3.05, 3.63) is 74.8 Å². The molecule has 2 unspecified atom stereocenters. The lowest BCUT2D eigenvalue weighted by Crippen LogP contribution is -2.30. The molecule has 0 fully saturated rings. The molecule has 0 saturated carbocycles. The minimum atomic E-state index is -1.30. The number of benzene rings is 2. The highest BCUT2D eigenvalue weighted by atomic mass is 16.6. The molecule has 2 aromatic rings. The molecule has 2 rings (SSSR count). The third kappa shape index (κ3) is 5.77. The van der Waals surface area contributed by atoms with Crippen LogP contribution in [0.5, 0.6) is 0 Å². The van der Waals surface area contributed by atoms with Gasteiger partial charge in [0, 0.05) is 18.2 Å². The average molecular weight is 388 g/mol. The van der Waals surface area contributed by atoms with Crippen LogP contribution in [0.15, 0.2) is 42.5 Å². The molecule has 0 spiro atoms. The van der Waals surface area contributed by atoms with Gasteiger partial charge in [-0.1, -0.05) is 30.3 Å². The van der Waals surface area contributed by atoms with Crippen LogP contribution in [-0.2, 0) is 11.3 Å². The second kappa shape index (κ2) is 9.82. The number of ether oxygens (including phenoxy) is 1. The summed E-state index contributed by atoms with van der Waals surface area (Å²) < 4.78 is 5.06. The first kappa shape index (κ1) is 21.3. The molecule has 0 bridgehead atoms. The Kier molecular flexibility index (Phi) is 7.48. The highest BCUT2D eigenvalue weighted by molar-refractivity contribution is 5.67. The minimum Gasteiger partial charge on any atom is -0.445 e. The Morgan fingerprint density at radius 1 is 1.18 bits per heavy atom. The minimum absolute atomic E-state index is 0.0583. The van der Waals surface area contributed by atoms with Gasteiger partial charge in [-0.05, 0) is 43.0 Å². The SMILES string of the molecule is Cc1cc(C)c([N+](=O)[O-])cc1C(O)C(O)CCNC(=O)OCc1ccccc1. The molecule has 150 valence electrons. The third-order valence-electron chi connectivity index (χ3n) is 4.39. The molecule has 28 heavy (non-hydrogen) atoms. The van der Waals surface area contributed by atoms with Gasteiger partial charge in [-0.3, -0.25) is 10.1 Å². The molecule has 2 aromatic carbocycles. The van der Waals surface area contributed by atoms with Crippen LogP contribution < -0.4 is 5.32 Å². The number of nitro benzene ring substituents is 1. The second-order valence-electron chi connectivity index (χ2n) is 6.54. The molecule has 1 amide bonds. The Balaban J connectivity index is 1.85. The van der Waals surface area contributed by atoms with Gasteiger partial charge in [0.1, 0.15) is 12.7 Å². The van der Waals surface area contributed by atoms with Crippen LogP contribution in [0.1, 0.15) is 34.8 Å². The van der Waals surface area contributed by atoms with Crippen LogP contribution in [-0.4, -0.2) is 33.9 Å². The molecule has 0 radical (unpaired) electrons. The molecule has 0 aromatic heterocycles. The first-order chi connectivity index (χ1) is 13.3. The number of alkyl carbamates (subject to hydrolysis) is 1. The Morgan fingerprint density at radius 3 is 2.50 bits per heavy atom. The molecular formula is C20H24N2O6. The quantitative estimate of drug-likeness (QED) is 0.472. The van der Waals surface area contributed by atoms with Gasteiger partial charge in [0.05, 0.1) is 11.0 Å². The summed E-state index contributed by atoms with van der Waals surface area (Å²) in [6.45, 7) is 3.53. The zero-order valence-electron chi connectivity index (χ0n) is 15.8. The normalized spacial score (nSPS) is 12.9. The first-order valence-corrected chi connectivity index (χ1v) is 8.85. The van der Waals surface area contributed by atoms with Crippen molar-refractivity contribution in [3.8, 4) is 0 Å². The van der Waals surface area contributed by atoms with Gasteiger partial charge in [0.25, 0.3) is 5.69 Å². The predicted octanol–water partition coefficient (Wildman–Crippen LogP) is 2.92. The van der Waals surface area contributed by atoms with Crippen LogP contribution in [0.2, 0.25) is 0 Å². The summed E-state index contributed by atoms with van der Waals surface area (Å²) in [5.41, 5.74) is 2.15. The van der Waals surface area contributed by atoms with E-state index in [1.54, 1.807) is 19.9 Å². The maximum Gasteiger partial charge on any atom is 0.407 e. The molecule has 0 aliphatic rings. The number of nitro groups is 1. The van der Waals surface area contributed by atoms with Gasteiger partial charge in [-0.15, -0.1) is 0 Å². The smallest absolute Gasteiger partial charge is 0.407 e. The van der Waals surface area contributed by atoms with E-state index in [2.05, 4.69) is 5.32 Å². The van der Waals surface area contributed by atoms with Crippen molar-refractivity contribution in [2.45, 2.75) is 39.1 Å². The van der Waals surface area contributed by atoms with Crippen molar-refractivity contribution in [1.29, 1.82) is 0 Å². The number of hydrogen-bond acceptors (Lipinski definition) is 6. The number of carbonyl (C=O) groups excluding carboxylic acids is 1. The number of aryl methyl sites for hydroxylation is 2. The fourth-order valence-corrected chi connectivity index (χ4v) is 2.83. The van der Waals surface area contributed by atoms with Crippen molar-refractivity contribution in [2.24, 2.45) is 0 Å². The van der Waals surface area contributed by atoms with Gasteiger partial charge >= 0.3 is 6.09 Å². The van der Waals surface area contributed by atoms with Crippen molar-refractivity contribution >= 4 is 11.8 Å². The second-order valence-corrected chi connectivity index (χ2v) is 6.54. The summed E-state index contributed by atoms with van der Waals surface area (Å²) in [4.78, 5) is 22.3. The number of amides is 1. The highest BCUT2D eigenvalue weighted by Crippen LogP contribution is 2.29. The van der Waals surface area contributed by atoms with Gasteiger partial charge in [0.15, 0.2) is 0 Å². The molecule has 2 atom stereocenters. The molecule has 0 heterocycles. The van der Waals surface area contributed by atoms with Crippen LogP contribution >= 0.6 is 0 Å². The fourth-order valence-electron chi connectivity index (χ4n) is 2.83. The first-order valence-electron chi connectivity index (χ1n) is 8.85. The van der Waals surface area contributed by atoms with E-state index in [-0.39, 0.29) is 30.8 Å². The van der Waals surface area contributed by atoms with Crippen LogP contribution in [0, 0.1) is 24.0 Å². The lowest BCUT2D eigenvalue weighted by molar-refractivity contribution is -0.385. The van der Waals surface area contributed by atoms with E-state index < -0.39 is 23.2 Å². The summed E-state index contributed by atoms with van der Waals surface area (Å²) in [7, 11) is 0. The van der Waals surface area contributed by atoms with Gasteiger partial charge in [-0.25, -0.2) is 4.79 Å². The average Bonchev–Trinajstić information content (AvgIpc) is 2.66. The maximum atomic E-state index is 11.7. The summed E-state index contributed by atoms with van der Waals surface area (Å²) >= 11 is 0. The number of aliphatic hydroxyl groups is 2. The van der Waals surface area contributed by atoms with Crippen molar-refractivity contribution in [3.63, 3.8) is 0 Å². The molecule has 3 N–H and O–H groups in total. The standard InChI is InChI=1S/C20H24N2O6/c1-13-10-14(2)17(22(26)27)11-16(13)19(24)18(23)8-9-21-20(25)28-12-15-6-4-3-5-7-15/h3-7,10-11,18-19,23-24H,8-9,12H2,1-2H3,(H,21,25). The Morgan fingerprint density at radius 2 is 1.86 bits per heavy atom. The van der Waals surface area contributed by atoms with Crippen molar-refractivity contribution in [1.82, 2.24) is 5.32 Å². The number of nitrogens with one attached hydrogen (secondary N) is 1. The summed E-state index contributed by atoms with van der Waals surface area (Å²) in [6.07, 6.45) is -3.08. The Bertz CT molecular complexity index is 825. The molecular weight excluding hydrogens is 364 g/mol. The summed E-state index contributed by atoms with van der Waals surface area (Å²) in [6, 6.07) is 12.1. The number of aliphatic hydroxyl groups excluding tert-OH is 2. The van der Waals surface area contributed by atoms with Gasteiger partial charge in [0.2, 0.25) is 0 Å². The number of hydrogen-bond donors (Lipinski definition) is 3. The van der Waals surface area contributed by atoms with Crippen molar-refractivity contribution < 1.29 is 24.7 Å². The van der Waals surface area contributed by atoms with E-state index in [4.69, 9.17) is 4.74 Å². The van der Waals surface area contributed by atoms with E-state index in [1.165, 1.54) is 6.07 Å². The number of rotatable bonds is 8. The predicted molar refractivity (Wildman–Crippen MR) is 103 cm³/mol. The van der Waals surface area contributed by atoms with E-state index in [1.807, 2.05) is 30.3 Å². The molecule has 0 saturated heterocycles. The van der Waals surface area contributed by atoms with E-state index in [9.17, 15) is 25.1 Å². The lowest BCUT2D eigenvalue weighted by Gasteiger charge is -2.20. The van der Waals surface area contributed by atoms with Crippen LogP contribution in [0.4, 0.5) is 10.5 Å². The number of carbonyl (C=O) groups is 1. The van der Waals surface area contributed by atoms with Crippen LogP contribution in [0.3, 0.4) is 0 Å². The Labute approximate surface area is 162 Å². The molecule has 8 heteroatoms. The van der Waals surface area contributed by atoms with E-state index in [0.29, 0.717) is 11.1 Å². The van der Waals surface area contributed by atoms with Crippen LogP contribution in [0.25, 0.3) is 0 Å². The lowest BCUT2D eigenvalue weighted by atomic mass is 9.95. The maximum absolute atomic E-state index is 11.7. The largest absolute Gasteiger partial charge is 0.445 e. The van der Waals surface area contributed by atoms with E-state index in [0.717, 1.165) is 5.56 Å². The van der Waals surface area contributed by atoms with Gasteiger partial charge in [-0.2, -0.15) is 0 Å². The third-order valence-corrected chi connectivity index (χ3v) is 4.39. The zero-order valence-corrected chi connectivity index (χ0v) is 15.8. The van der Waals surface area contributed by atoms with Crippen molar-refractivity contribution in [2.75, 3.05) is 6.54 Å². The Hall–Kier alpha value is -2.97.